The van der Waals surface area contributed by atoms with Crippen LogP contribution in [-0.4, -0.2) is 33.4 Å². The van der Waals surface area contributed by atoms with Crippen LogP contribution in [0.3, 0.4) is 0 Å². The molecule has 0 spiro atoms. The fraction of sp³-hybridized carbons (Fsp3) is 0.417. The lowest BCUT2D eigenvalue weighted by molar-refractivity contribution is -0.121. The van der Waals surface area contributed by atoms with Gasteiger partial charge in [-0.1, -0.05) is 51.4 Å². The number of benzene rings is 1. The molecule has 3 heterocycles. The first-order valence-electron chi connectivity index (χ1n) is 11.0. The van der Waals surface area contributed by atoms with Crippen molar-refractivity contribution in [1.82, 2.24) is 20.1 Å². The second-order valence-corrected chi connectivity index (χ2v) is 8.42. The standard InChI is InChI=1S/C20H20ClN5OS.2C2H6/c1-10-11(2)28-20-17(10)18(13-5-7-14(21)8-6-13)23-15(9-16(27)22-4)19-25-24-12(3)26(19)20;2*1-2/h5-8,15H,9H2,1-4H3,(H,22,27);2*1-2H3. The van der Waals surface area contributed by atoms with Crippen molar-refractivity contribution in [2.75, 3.05) is 7.05 Å². The molecule has 3 aromatic rings. The molecule has 172 valence electrons. The number of carbonyl (C=O) groups is 1. The molecule has 2 aromatic heterocycles. The highest BCUT2D eigenvalue weighted by Crippen LogP contribution is 2.39. The van der Waals surface area contributed by atoms with Crippen LogP contribution in [0.1, 0.15) is 73.4 Å². The van der Waals surface area contributed by atoms with E-state index in [1.54, 1.807) is 18.4 Å². The van der Waals surface area contributed by atoms with Gasteiger partial charge in [0.05, 0.1) is 12.1 Å². The lowest BCUT2D eigenvalue weighted by Crippen LogP contribution is -2.21. The van der Waals surface area contributed by atoms with Crippen LogP contribution < -0.4 is 5.32 Å². The zero-order chi connectivity index (χ0) is 24.0. The van der Waals surface area contributed by atoms with Gasteiger partial charge >= 0.3 is 0 Å². The third kappa shape index (κ3) is 4.94. The molecule has 0 radical (unpaired) electrons. The molecule has 1 atom stereocenters. The van der Waals surface area contributed by atoms with E-state index in [1.807, 2.05) is 63.5 Å². The first kappa shape index (κ1) is 25.7. The van der Waals surface area contributed by atoms with Gasteiger partial charge in [-0.15, -0.1) is 21.5 Å². The Hall–Kier alpha value is -2.51. The quantitative estimate of drug-likeness (QED) is 0.507. The zero-order valence-corrected chi connectivity index (χ0v) is 21.6. The Morgan fingerprint density at radius 3 is 2.31 bits per heavy atom. The summed E-state index contributed by atoms with van der Waals surface area (Å²) in [5.74, 6) is 1.38. The molecule has 0 fully saturated rings. The number of nitrogens with one attached hydrogen (secondary N) is 1. The molecule has 1 amide bonds. The van der Waals surface area contributed by atoms with Crippen LogP contribution in [-0.2, 0) is 4.79 Å². The third-order valence-corrected chi connectivity index (χ3v) is 6.46. The molecule has 8 heteroatoms. The molecule has 0 bridgehead atoms. The summed E-state index contributed by atoms with van der Waals surface area (Å²) in [5.41, 5.74) is 4.05. The second kappa shape index (κ2) is 11.4. The van der Waals surface area contributed by atoms with Crippen LogP contribution in [0.15, 0.2) is 29.3 Å². The monoisotopic (exact) mass is 473 g/mol. The van der Waals surface area contributed by atoms with Gasteiger partial charge in [-0.3, -0.25) is 14.4 Å². The van der Waals surface area contributed by atoms with Crippen LogP contribution in [0.25, 0.3) is 5.00 Å². The van der Waals surface area contributed by atoms with Gasteiger partial charge in [0.15, 0.2) is 5.82 Å². The molecular weight excluding hydrogens is 442 g/mol. The fourth-order valence-corrected chi connectivity index (χ4v) is 4.75. The molecule has 0 aliphatic carbocycles. The van der Waals surface area contributed by atoms with E-state index in [2.05, 4.69) is 29.4 Å². The van der Waals surface area contributed by atoms with Crippen molar-refractivity contribution in [2.24, 2.45) is 4.99 Å². The van der Waals surface area contributed by atoms with Crippen molar-refractivity contribution >= 4 is 34.6 Å². The lowest BCUT2D eigenvalue weighted by Gasteiger charge is -2.12. The minimum absolute atomic E-state index is 0.0884. The van der Waals surface area contributed by atoms with E-state index in [4.69, 9.17) is 16.6 Å². The summed E-state index contributed by atoms with van der Waals surface area (Å²) in [5, 5.41) is 13.1. The molecule has 4 rings (SSSR count). The van der Waals surface area contributed by atoms with Gasteiger partial charge in [0, 0.05) is 28.1 Å². The maximum atomic E-state index is 12.2. The molecule has 0 saturated carbocycles. The normalized spacial score (nSPS) is 13.9. The van der Waals surface area contributed by atoms with Gasteiger partial charge in [-0.2, -0.15) is 0 Å². The van der Waals surface area contributed by atoms with Crippen LogP contribution in [0, 0.1) is 20.8 Å². The topological polar surface area (TPSA) is 72.2 Å². The van der Waals surface area contributed by atoms with Crippen LogP contribution in [0.2, 0.25) is 5.02 Å². The number of nitrogens with zero attached hydrogens (tertiary/aromatic N) is 4. The van der Waals surface area contributed by atoms with E-state index in [9.17, 15) is 4.79 Å². The highest BCUT2D eigenvalue weighted by Gasteiger charge is 2.32. The molecule has 1 aliphatic rings. The summed E-state index contributed by atoms with van der Waals surface area (Å²) in [6.07, 6.45) is 0.207. The van der Waals surface area contributed by atoms with E-state index < -0.39 is 6.04 Å². The number of rotatable bonds is 3. The van der Waals surface area contributed by atoms with E-state index in [0.29, 0.717) is 10.8 Å². The Morgan fingerprint density at radius 2 is 1.72 bits per heavy atom. The molecular formula is C24H32ClN5OS. The van der Waals surface area contributed by atoms with Gasteiger partial charge in [-0.05, 0) is 38.5 Å². The maximum absolute atomic E-state index is 12.2. The summed E-state index contributed by atoms with van der Waals surface area (Å²) < 4.78 is 2.04. The Bertz CT molecular complexity index is 1100. The minimum atomic E-state index is -0.425. The Balaban J connectivity index is 0.000000860. The molecule has 32 heavy (non-hydrogen) atoms. The number of aromatic nitrogens is 3. The second-order valence-electron chi connectivity index (χ2n) is 6.78. The van der Waals surface area contributed by atoms with E-state index in [-0.39, 0.29) is 12.3 Å². The number of carbonyl (C=O) groups excluding carboxylic acids is 1. The number of aliphatic imine (C=N–C) groups is 1. The Labute approximate surface area is 199 Å². The summed E-state index contributed by atoms with van der Waals surface area (Å²) >= 11 is 7.79. The van der Waals surface area contributed by atoms with Crippen molar-refractivity contribution in [1.29, 1.82) is 0 Å². The minimum Gasteiger partial charge on any atom is -0.359 e. The lowest BCUT2D eigenvalue weighted by atomic mass is 9.99. The zero-order valence-electron chi connectivity index (χ0n) is 20.1. The highest BCUT2D eigenvalue weighted by atomic mass is 35.5. The molecule has 1 unspecified atom stereocenters. The van der Waals surface area contributed by atoms with Gasteiger partial charge in [0.1, 0.15) is 16.9 Å². The molecule has 1 aliphatic heterocycles. The summed E-state index contributed by atoms with van der Waals surface area (Å²) in [4.78, 5) is 18.4. The number of thiophene rings is 1. The Morgan fingerprint density at radius 1 is 1.09 bits per heavy atom. The smallest absolute Gasteiger partial charge is 0.222 e. The first-order valence-corrected chi connectivity index (χ1v) is 12.2. The number of hydrogen-bond acceptors (Lipinski definition) is 5. The summed E-state index contributed by atoms with van der Waals surface area (Å²) in [6, 6.07) is 7.22. The predicted molar refractivity (Wildman–Crippen MR) is 135 cm³/mol. The van der Waals surface area contributed by atoms with E-state index >= 15 is 0 Å². The summed E-state index contributed by atoms with van der Waals surface area (Å²) in [7, 11) is 1.63. The summed E-state index contributed by atoms with van der Waals surface area (Å²) in [6.45, 7) is 14.1. The van der Waals surface area contributed by atoms with Crippen LogP contribution in [0.5, 0.6) is 0 Å². The van der Waals surface area contributed by atoms with Gasteiger partial charge < -0.3 is 5.32 Å². The fourth-order valence-electron chi connectivity index (χ4n) is 3.41. The largest absolute Gasteiger partial charge is 0.359 e. The van der Waals surface area contributed by atoms with Gasteiger partial charge in [0.25, 0.3) is 0 Å². The molecule has 6 nitrogen and oxygen atoms in total. The maximum Gasteiger partial charge on any atom is 0.222 e. The van der Waals surface area contributed by atoms with Crippen LogP contribution in [0.4, 0.5) is 0 Å². The van der Waals surface area contributed by atoms with Crippen molar-refractivity contribution in [3.05, 3.63) is 62.5 Å². The van der Waals surface area contributed by atoms with Crippen molar-refractivity contribution in [3.8, 4) is 5.00 Å². The van der Waals surface area contributed by atoms with Crippen molar-refractivity contribution in [3.63, 3.8) is 0 Å². The molecule has 0 saturated heterocycles. The van der Waals surface area contributed by atoms with Crippen molar-refractivity contribution < 1.29 is 4.79 Å². The molecule has 1 N–H and O–H groups in total. The van der Waals surface area contributed by atoms with E-state index in [1.165, 1.54) is 10.4 Å². The van der Waals surface area contributed by atoms with E-state index in [0.717, 1.165) is 27.7 Å². The van der Waals surface area contributed by atoms with Gasteiger partial charge in [0.2, 0.25) is 5.91 Å². The number of aryl methyl sites for hydroxylation is 2. The Kier molecular flexibility index (Phi) is 9.16. The SMILES string of the molecule is CC.CC.CNC(=O)CC1N=C(c2ccc(Cl)cc2)c2c(sc(C)c2C)-n2c(C)nnc21. The average Bonchev–Trinajstić information content (AvgIpc) is 3.29. The molecule has 1 aromatic carbocycles. The number of amides is 1. The number of halogens is 1. The highest BCUT2D eigenvalue weighted by molar-refractivity contribution is 7.15. The first-order chi connectivity index (χ1) is 15.4. The van der Waals surface area contributed by atoms with Crippen molar-refractivity contribution in [2.45, 2.75) is 60.9 Å². The van der Waals surface area contributed by atoms with Gasteiger partial charge in [-0.25, -0.2) is 0 Å². The predicted octanol–water partition coefficient (Wildman–Crippen LogP) is 5.99. The number of hydrogen-bond donors (Lipinski definition) is 1. The average molecular weight is 474 g/mol. The third-order valence-electron chi connectivity index (χ3n) is 5.01. The van der Waals surface area contributed by atoms with Crippen LogP contribution >= 0.6 is 22.9 Å². The number of fused-ring (bicyclic) bond motifs is 3.